The van der Waals surface area contributed by atoms with Gasteiger partial charge in [-0.05, 0) is 38.4 Å². The third-order valence-corrected chi connectivity index (χ3v) is 3.40. The van der Waals surface area contributed by atoms with Crippen LogP contribution in [0.25, 0.3) is 0 Å². The minimum atomic E-state index is 0. The summed E-state index contributed by atoms with van der Waals surface area (Å²) in [5.74, 6) is 1.05. The maximum absolute atomic E-state index is 5.81. The van der Waals surface area contributed by atoms with Crippen molar-refractivity contribution in [3.63, 3.8) is 0 Å². The lowest BCUT2D eigenvalue weighted by Crippen LogP contribution is -2.45. The van der Waals surface area contributed by atoms with Crippen LogP contribution in [0.5, 0.6) is 0 Å². The van der Waals surface area contributed by atoms with Crippen LogP contribution in [0.2, 0.25) is 0 Å². The number of nitrogens with zero attached hydrogens (tertiary/aromatic N) is 1. The molecule has 0 amide bonds. The lowest BCUT2D eigenvalue weighted by Gasteiger charge is -2.38. The molecule has 2 heterocycles. The van der Waals surface area contributed by atoms with Crippen LogP contribution in [0.4, 0.5) is 0 Å². The number of hydrogen-bond donors (Lipinski definition) is 1. The molecule has 3 nitrogen and oxygen atoms in total. The third-order valence-electron chi connectivity index (χ3n) is 3.40. The summed E-state index contributed by atoms with van der Waals surface area (Å²) >= 11 is 0. The molecule has 0 radical (unpaired) electrons. The second-order valence-corrected chi connectivity index (χ2v) is 4.31. The van der Waals surface area contributed by atoms with Gasteiger partial charge in [0.2, 0.25) is 0 Å². The molecule has 1 saturated heterocycles. The fourth-order valence-electron chi connectivity index (χ4n) is 2.48. The number of likely N-dealkylation sites (tertiary alicyclic amines) is 1. The van der Waals surface area contributed by atoms with Crippen LogP contribution in [0.1, 0.15) is 38.0 Å². The number of piperidine rings is 1. The van der Waals surface area contributed by atoms with Gasteiger partial charge in [-0.1, -0.05) is 6.42 Å². The highest BCUT2D eigenvalue weighted by molar-refractivity contribution is 5.85. The summed E-state index contributed by atoms with van der Waals surface area (Å²) < 4.78 is 5.46. The Morgan fingerprint density at radius 3 is 3.00 bits per heavy atom. The van der Waals surface area contributed by atoms with Crippen LogP contribution in [-0.4, -0.2) is 24.0 Å². The predicted molar refractivity (Wildman–Crippen MR) is 67.8 cm³/mol. The van der Waals surface area contributed by atoms with Crippen LogP contribution in [0, 0.1) is 0 Å². The quantitative estimate of drug-likeness (QED) is 0.889. The van der Waals surface area contributed by atoms with Crippen molar-refractivity contribution in [1.82, 2.24) is 4.90 Å². The second kappa shape index (κ2) is 6.28. The van der Waals surface area contributed by atoms with E-state index in [9.17, 15) is 0 Å². The lowest BCUT2D eigenvalue weighted by molar-refractivity contribution is 0.0957. The smallest absolute Gasteiger partial charge is 0.120 e. The van der Waals surface area contributed by atoms with Crippen molar-refractivity contribution in [3.05, 3.63) is 24.2 Å². The Labute approximate surface area is 103 Å². The van der Waals surface area contributed by atoms with Gasteiger partial charge in [0.25, 0.3) is 0 Å². The molecule has 92 valence electrons. The van der Waals surface area contributed by atoms with Crippen LogP contribution in [0.15, 0.2) is 22.8 Å². The summed E-state index contributed by atoms with van der Waals surface area (Å²) in [4.78, 5) is 2.47. The van der Waals surface area contributed by atoms with Gasteiger partial charge in [-0.15, -0.1) is 12.4 Å². The summed E-state index contributed by atoms with van der Waals surface area (Å²) in [6.07, 6.45) is 5.56. The summed E-state index contributed by atoms with van der Waals surface area (Å²) in [5.41, 5.74) is 5.81. The molecule has 2 unspecified atom stereocenters. The highest BCUT2D eigenvalue weighted by Gasteiger charge is 2.27. The number of hydrogen-bond acceptors (Lipinski definition) is 3. The molecule has 0 aromatic carbocycles. The van der Waals surface area contributed by atoms with Gasteiger partial charge in [-0.2, -0.15) is 0 Å². The molecule has 1 fully saturated rings. The predicted octanol–water partition coefficient (Wildman–Crippen LogP) is 2.58. The first-order valence-electron chi connectivity index (χ1n) is 5.82. The van der Waals surface area contributed by atoms with E-state index in [1.54, 1.807) is 6.26 Å². The van der Waals surface area contributed by atoms with Gasteiger partial charge in [0.1, 0.15) is 5.76 Å². The van der Waals surface area contributed by atoms with E-state index in [0.29, 0.717) is 12.1 Å². The molecular formula is C12H21ClN2O. The minimum absolute atomic E-state index is 0. The monoisotopic (exact) mass is 244 g/mol. The molecule has 2 rings (SSSR count). The maximum atomic E-state index is 5.81. The molecule has 4 heteroatoms. The highest BCUT2D eigenvalue weighted by Crippen LogP contribution is 2.27. The fraction of sp³-hybridized carbons (Fsp3) is 0.667. The van der Waals surface area contributed by atoms with Gasteiger partial charge in [-0.3, -0.25) is 4.90 Å². The molecule has 0 spiro atoms. The van der Waals surface area contributed by atoms with Gasteiger partial charge in [-0.25, -0.2) is 0 Å². The zero-order chi connectivity index (χ0) is 10.7. The largest absolute Gasteiger partial charge is 0.468 e. The lowest BCUT2D eigenvalue weighted by atomic mass is 9.99. The van der Waals surface area contributed by atoms with E-state index in [1.807, 2.05) is 12.1 Å². The third kappa shape index (κ3) is 2.78. The molecule has 1 aliphatic rings. The molecule has 2 atom stereocenters. The van der Waals surface area contributed by atoms with Crippen LogP contribution in [0.3, 0.4) is 0 Å². The first-order valence-corrected chi connectivity index (χ1v) is 5.82. The van der Waals surface area contributed by atoms with Gasteiger partial charge >= 0.3 is 0 Å². The molecular weight excluding hydrogens is 224 g/mol. The molecule has 16 heavy (non-hydrogen) atoms. The average Bonchev–Trinajstić information content (AvgIpc) is 2.81. The Morgan fingerprint density at radius 1 is 1.56 bits per heavy atom. The van der Waals surface area contributed by atoms with E-state index in [0.717, 1.165) is 18.8 Å². The Hall–Kier alpha value is -0.510. The average molecular weight is 245 g/mol. The number of nitrogens with two attached hydrogens (primary N) is 1. The van der Waals surface area contributed by atoms with E-state index >= 15 is 0 Å². The zero-order valence-electron chi connectivity index (χ0n) is 9.76. The van der Waals surface area contributed by atoms with Crippen LogP contribution < -0.4 is 5.73 Å². The summed E-state index contributed by atoms with van der Waals surface area (Å²) in [6, 6.07) is 4.88. The van der Waals surface area contributed by atoms with E-state index in [4.69, 9.17) is 10.2 Å². The fourth-order valence-corrected chi connectivity index (χ4v) is 2.48. The van der Waals surface area contributed by atoms with E-state index < -0.39 is 0 Å². The van der Waals surface area contributed by atoms with Gasteiger partial charge < -0.3 is 10.2 Å². The first-order chi connectivity index (χ1) is 7.33. The molecule has 0 aliphatic carbocycles. The summed E-state index contributed by atoms with van der Waals surface area (Å²) in [5, 5.41) is 0. The Bertz CT molecular complexity index is 289. The summed E-state index contributed by atoms with van der Waals surface area (Å²) in [7, 11) is 0. The normalized spacial score (nSPS) is 23.8. The van der Waals surface area contributed by atoms with Crippen molar-refractivity contribution < 1.29 is 4.42 Å². The summed E-state index contributed by atoms with van der Waals surface area (Å²) in [6.45, 7) is 4.10. The Kier molecular flexibility index (Phi) is 5.32. The van der Waals surface area contributed by atoms with Crippen molar-refractivity contribution in [2.45, 2.75) is 38.3 Å². The van der Waals surface area contributed by atoms with Crippen molar-refractivity contribution in [2.75, 3.05) is 13.1 Å². The Morgan fingerprint density at radius 2 is 2.38 bits per heavy atom. The topological polar surface area (TPSA) is 42.4 Å². The van der Waals surface area contributed by atoms with Gasteiger partial charge in [0, 0.05) is 12.6 Å². The number of rotatable bonds is 3. The molecule has 1 aromatic rings. The van der Waals surface area contributed by atoms with E-state index in [1.165, 1.54) is 19.3 Å². The van der Waals surface area contributed by atoms with Gasteiger partial charge in [0.15, 0.2) is 0 Å². The Balaban J connectivity index is 0.00000128. The highest BCUT2D eigenvalue weighted by atomic mass is 35.5. The number of furan rings is 1. The molecule has 0 bridgehead atoms. The van der Waals surface area contributed by atoms with Crippen molar-refractivity contribution in [3.8, 4) is 0 Å². The molecule has 1 aromatic heterocycles. The maximum Gasteiger partial charge on any atom is 0.120 e. The van der Waals surface area contributed by atoms with Crippen LogP contribution >= 0.6 is 12.4 Å². The molecule has 2 N–H and O–H groups in total. The zero-order valence-corrected chi connectivity index (χ0v) is 10.6. The van der Waals surface area contributed by atoms with Crippen molar-refractivity contribution in [1.29, 1.82) is 0 Å². The standard InChI is InChI=1S/C12H20N2O.ClH/c1-10(12-6-4-8-15-12)14-7-3-2-5-11(14)9-13;/h4,6,8,10-11H,2-3,5,7,9,13H2,1H3;1H. The van der Waals surface area contributed by atoms with E-state index in [2.05, 4.69) is 11.8 Å². The SMILES string of the molecule is CC(c1ccco1)N1CCCCC1CN.Cl. The number of halogens is 1. The van der Waals surface area contributed by atoms with Crippen LogP contribution in [-0.2, 0) is 0 Å². The minimum Gasteiger partial charge on any atom is -0.468 e. The molecule has 0 saturated carbocycles. The second-order valence-electron chi connectivity index (χ2n) is 4.31. The first kappa shape index (κ1) is 13.6. The van der Waals surface area contributed by atoms with Crippen molar-refractivity contribution in [2.24, 2.45) is 5.73 Å². The van der Waals surface area contributed by atoms with Crippen molar-refractivity contribution >= 4 is 12.4 Å². The van der Waals surface area contributed by atoms with Gasteiger partial charge in [0.05, 0.1) is 12.3 Å². The van der Waals surface area contributed by atoms with E-state index in [-0.39, 0.29) is 12.4 Å². The molecule has 1 aliphatic heterocycles.